The summed E-state index contributed by atoms with van der Waals surface area (Å²) in [6.07, 6.45) is 5.32. The Balaban J connectivity index is 1.44. The molecule has 4 aliphatic rings. The minimum atomic E-state index is -0.471. The quantitative estimate of drug-likeness (QED) is 0.893. The highest BCUT2D eigenvalue weighted by Crippen LogP contribution is 2.59. The van der Waals surface area contributed by atoms with Gasteiger partial charge in [-0.3, -0.25) is 4.79 Å². The predicted molar refractivity (Wildman–Crippen MR) is 97.3 cm³/mol. The number of nitrogens with one attached hydrogen (secondary N) is 1. The summed E-state index contributed by atoms with van der Waals surface area (Å²) < 4.78 is 0. The zero-order valence-corrected chi connectivity index (χ0v) is 14.9. The van der Waals surface area contributed by atoms with Gasteiger partial charge in [0.25, 0.3) is 5.91 Å². The standard InChI is InChI=1S/C21H23N3O2/c1-12-22-11-17(18(23-12)13-5-3-2-4-6-13)20(25)24-19-15-7-14-8-21(26,9-15)10-16(14)19/h2-6,11,14-16,19,26H,7-10H2,1H3,(H,24,25)/t14?,15-,16-,19-,21-/m1/s1. The zero-order valence-electron chi connectivity index (χ0n) is 14.9. The number of aryl methyl sites for hydroxylation is 1. The summed E-state index contributed by atoms with van der Waals surface area (Å²) >= 11 is 0. The Kier molecular flexibility index (Phi) is 3.44. The van der Waals surface area contributed by atoms with E-state index in [-0.39, 0.29) is 11.9 Å². The Bertz CT molecular complexity index is 865. The largest absolute Gasteiger partial charge is 0.390 e. The number of nitrogens with zero attached hydrogens (tertiary/aromatic N) is 2. The maximum absolute atomic E-state index is 13.1. The molecule has 0 aliphatic heterocycles. The van der Waals surface area contributed by atoms with Crippen molar-refractivity contribution in [3.05, 3.63) is 47.9 Å². The van der Waals surface area contributed by atoms with Crippen LogP contribution >= 0.6 is 0 Å². The van der Waals surface area contributed by atoms with E-state index < -0.39 is 5.60 Å². The molecule has 0 radical (unpaired) electrons. The van der Waals surface area contributed by atoms with Crippen LogP contribution in [-0.2, 0) is 0 Å². The second-order valence-corrected chi connectivity index (χ2v) is 8.30. The first-order valence-corrected chi connectivity index (χ1v) is 9.45. The van der Waals surface area contributed by atoms with Crippen LogP contribution in [0.3, 0.4) is 0 Å². The van der Waals surface area contributed by atoms with E-state index in [2.05, 4.69) is 15.3 Å². The van der Waals surface area contributed by atoms with Gasteiger partial charge in [-0.15, -0.1) is 0 Å². The molecule has 2 N–H and O–H groups in total. The summed E-state index contributed by atoms with van der Waals surface area (Å²) in [5.74, 6) is 1.92. The second-order valence-electron chi connectivity index (χ2n) is 8.30. The Labute approximate surface area is 152 Å². The molecule has 5 atom stereocenters. The van der Waals surface area contributed by atoms with E-state index in [0.29, 0.717) is 34.8 Å². The van der Waals surface area contributed by atoms with Gasteiger partial charge in [-0.2, -0.15) is 0 Å². The van der Waals surface area contributed by atoms with Crippen LogP contribution in [0.25, 0.3) is 11.3 Å². The Morgan fingerprint density at radius 1 is 1.19 bits per heavy atom. The topological polar surface area (TPSA) is 75.1 Å². The molecule has 5 nitrogen and oxygen atoms in total. The van der Waals surface area contributed by atoms with Gasteiger partial charge in [0.15, 0.2) is 0 Å². The van der Waals surface area contributed by atoms with Crippen molar-refractivity contribution in [1.29, 1.82) is 0 Å². The summed E-state index contributed by atoms with van der Waals surface area (Å²) in [6.45, 7) is 1.84. The van der Waals surface area contributed by atoms with Gasteiger partial charge in [0.2, 0.25) is 0 Å². The number of rotatable bonds is 3. The fourth-order valence-electron chi connectivity index (χ4n) is 5.66. The van der Waals surface area contributed by atoms with Crippen molar-refractivity contribution in [3.8, 4) is 11.3 Å². The number of aromatic nitrogens is 2. The number of aliphatic hydroxyl groups is 1. The molecular formula is C21H23N3O2. The third kappa shape index (κ3) is 2.45. The van der Waals surface area contributed by atoms with E-state index in [1.807, 2.05) is 37.3 Å². The zero-order chi connectivity index (χ0) is 17.9. The minimum absolute atomic E-state index is 0.100. The summed E-state index contributed by atoms with van der Waals surface area (Å²) in [7, 11) is 0. The first-order chi connectivity index (χ1) is 12.5. The average molecular weight is 349 g/mol. The van der Waals surface area contributed by atoms with Crippen LogP contribution in [0.5, 0.6) is 0 Å². The Morgan fingerprint density at radius 3 is 2.73 bits per heavy atom. The Hall–Kier alpha value is -2.27. The van der Waals surface area contributed by atoms with Crippen LogP contribution in [0.4, 0.5) is 0 Å². The summed E-state index contributed by atoms with van der Waals surface area (Å²) in [5.41, 5.74) is 1.66. The predicted octanol–water partition coefficient (Wildman–Crippen LogP) is 2.73. The molecule has 2 aromatic rings. The van der Waals surface area contributed by atoms with Gasteiger partial charge in [-0.05, 0) is 50.4 Å². The molecular weight excluding hydrogens is 326 g/mol. The number of carbonyl (C=O) groups excluding carboxylic acids is 1. The van der Waals surface area contributed by atoms with Crippen molar-refractivity contribution in [1.82, 2.24) is 15.3 Å². The lowest BCUT2D eigenvalue weighted by Crippen LogP contribution is -2.48. The molecule has 0 spiro atoms. The monoisotopic (exact) mass is 349 g/mol. The number of amides is 1. The number of benzene rings is 1. The summed E-state index contributed by atoms with van der Waals surface area (Å²) in [4.78, 5) is 21.9. The highest BCUT2D eigenvalue weighted by Gasteiger charge is 2.60. The lowest BCUT2D eigenvalue weighted by Gasteiger charge is -2.38. The van der Waals surface area contributed by atoms with E-state index in [1.165, 1.54) is 0 Å². The van der Waals surface area contributed by atoms with Gasteiger partial charge in [-0.1, -0.05) is 30.3 Å². The van der Waals surface area contributed by atoms with Gasteiger partial charge in [0.05, 0.1) is 16.9 Å². The number of carbonyl (C=O) groups is 1. The van der Waals surface area contributed by atoms with E-state index >= 15 is 0 Å². The van der Waals surface area contributed by atoms with Crippen LogP contribution in [0.15, 0.2) is 36.5 Å². The fourth-order valence-corrected chi connectivity index (χ4v) is 5.66. The SMILES string of the molecule is Cc1ncc(C(=O)N[C@@H]2[C@@H]3CC4C[C@@](O)(C3)C[C@H]42)c(-c2ccccc2)n1. The van der Waals surface area contributed by atoms with Crippen molar-refractivity contribution in [3.63, 3.8) is 0 Å². The minimum Gasteiger partial charge on any atom is -0.390 e. The molecule has 4 aliphatic carbocycles. The molecule has 6 rings (SSSR count). The number of hydrogen-bond donors (Lipinski definition) is 2. The lowest BCUT2D eigenvalue weighted by atomic mass is 9.76. The molecule has 4 fully saturated rings. The highest BCUT2D eigenvalue weighted by molar-refractivity contribution is 5.99. The van der Waals surface area contributed by atoms with Crippen molar-refractivity contribution < 1.29 is 9.90 Å². The molecule has 1 unspecified atom stereocenters. The van der Waals surface area contributed by atoms with Gasteiger partial charge in [-0.25, -0.2) is 9.97 Å². The fraction of sp³-hybridized carbons (Fsp3) is 0.476. The summed E-state index contributed by atoms with van der Waals surface area (Å²) in [6, 6.07) is 9.95. The normalized spacial score (nSPS) is 34.2. The highest BCUT2D eigenvalue weighted by atomic mass is 16.3. The second kappa shape index (κ2) is 5.61. The van der Waals surface area contributed by atoms with Gasteiger partial charge in [0.1, 0.15) is 5.82 Å². The third-order valence-electron chi connectivity index (χ3n) is 6.58. The van der Waals surface area contributed by atoms with Crippen LogP contribution in [0.1, 0.15) is 41.9 Å². The molecule has 26 heavy (non-hydrogen) atoms. The van der Waals surface area contributed by atoms with Crippen LogP contribution in [-0.4, -0.2) is 32.6 Å². The maximum Gasteiger partial charge on any atom is 0.255 e. The van der Waals surface area contributed by atoms with E-state index in [4.69, 9.17) is 0 Å². The molecule has 1 heterocycles. The van der Waals surface area contributed by atoms with E-state index in [0.717, 1.165) is 31.2 Å². The van der Waals surface area contributed by atoms with Gasteiger partial charge in [0, 0.05) is 17.8 Å². The first kappa shape index (κ1) is 15.9. The van der Waals surface area contributed by atoms with Crippen molar-refractivity contribution in [2.24, 2.45) is 17.8 Å². The van der Waals surface area contributed by atoms with Crippen LogP contribution in [0.2, 0.25) is 0 Å². The molecule has 5 heteroatoms. The van der Waals surface area contributed by atoms with Gasteiger partial charge < -0.3 is 10.4 Å². The van der Waals surface area contributed by atoms with E-state index in [1.54, 1.807) is 6.20 Å². The Morgan fingerprint density at radius 2 is 1.96 bits per heavy atom. The number of hydrogen-bond acceptors (Lipinski definition) is 4. The van der Waals surface area contributed by atoms with Gasteiger partial charge >= 0.3 is 0 Å². The average Bonchev–Trinajstić information content (AvgIpc) is 3.00. The molecule has 4 saturated carbocycles. The van der Waals surface area contributed by atoms with Crippen molar-refractivity contribution >= 4 is 5.91 Å². The van der Waals surface area contributed by atoms with E-state index in [9.17, 15) is 9.90 Å². The molecule has 0 saturated heterocycles. The summed E-state index contributed by atoms with van der Waals surface area (Å²) in [5, 5.41) is 13.9. The van der Waals surface area contributed by atoms with Crippen molar-refractivity contribution in [2.45, 2.75) is 44.2 Å². The van der Waals surface area contributed by atoms with Crippen LogP contribution < -0.4 is 5.32 Å². The molecule has 1 aromatic carbocycles. The first-order valence-electron chi connectivity index (χ1n) is 9.45. The third-order valence-corrected chi connectivity index (χ3v) is 6.58. The molecule has 1 aromatic heterocycles. The molecule has 4 bridgehead atoms. The molecule has 1 amide bonds. The van der Waals surface area contributed by atoms with Crippen LogP contribution in [0, 0.1) is 24.7 Å². The lowest BCUT2D eigenvalue weighted by molar-refractivity contribution is -0.0192. The molecule has 134 valence electrons. The van der Waals surface area contributed by atoms with Crippen molar-refractivity contribution in [2.75, 3.05) is 0 Å². The smallest absolute Gasteiger partial charge is 0.255 e. The maximum atomic E-state index is 13.1.